The summed E-state index contributed by atoms with van der Waals surface area (Å²) in [5.41, 5.74) is 1.03. The zero-order valence-corrected chi connectivity index (χ0v) is 12.3. The molecule has 1 atom stereocenters. The summed E-state index contributed by atoms with van der Waals surface area (Å²) < 4.78 is 1.80. The summed E-state index contributed by atoms with van der Waals surface area (Å²) in [4.78, 5) is 23.7. The maximum Gasteiger partial charge on any atom is 0.245 e. The van der Waals surface area contributed by atoms with E-state index in [1.54, 1.807) is 16.8 Å². The van der Waals surface area contributed by atoms with E-state index in [1.807, 2.05) is 6.92 Å². The van der Waals surface area contributed by atoms with Crippen molar-refractivity contribution in [3.05, 3.63) is 17.5 Å². The number of Topliss-reactive ketones (excluding diaryl/α,β-unsaturated/α-hetero) is 1. The summed E-state index contributed by atoms with van der Waals surface area (Å²) in [6, 6.07) is 3.58. The summed E-state index contributed by atoms with van der Waals surface area (Å²) in [7, 11) is 1.40. The summed E-state index contributed by atoms with van der Waals surface area (Å²) in [6.07, 6.45) is 1.81. The van der Waals surface area contributed by atoms with E-state index in [-0.39, 0.29) is 11.7 Å². The van der Waals surface area contributed by atoms with E-state index in [4.69, 9.17) is 5.26 Å². The molecule has 6 nitrogen and oxygen atoms in total. The van der Waals surface area contributed by atoms with Gasteiger partial charge in [-0.15, -0.1) is 0 Å². The van der Waals surface area contributed by atoms with Crippen molar-refractivity contribution >= 4 is 11.7 Å². The van der Waals surface area contributed by atoms with E-state index < -0.39 is 17.6 Å². The molecule has 0 saturated heterocycles. The Labute approximate surface area is 118 Å². The molecule has 1 aromatic heterocycles. The van der Waals surface area contributed by atoms with Crippen LogP contribution in [0, 0.1) is 24.2 Å². The number of nitrogens with one attached hydrogen (secondary N) is 1. The predicted molar refractivity (Wildman–Crippen MR) is 74.1 cm³/mol. The summed E-state index contributed by atoms with van der Waals surface area (Å²) in [5.74, 6) is -2.50. The first-order valence-electron chi connectivity index (χ1n) is 6.71. The lowest BCUT2D eigenvalue weighted by Gasteiger charge is -2.14. The zero-order chi connectivity index (χ0) is 15.3. The fraction of sp³-hybridized carbons (Fsp3) is 0.571. The van der Waals surface area contributed by atoms with Crippen LogP contribution in [-0.2, 0) is 4.79 Å². The van der Waals surface area contributed by atoms with Crippen LogP contribution in [0.3, 0.4) is 0 Å². The number of amides is 1. The smallest absolute Gasteiger partial charge is 0.245 e. The SMILES string of the molecule is CCC(CC)n1nc(C(=O)[C@@H](C#N)C(=O)NC)cc1C. The molecular formula is C14H20N4O2. The van der Waals surface area contributed by atoms with Crippen molar-refractivity contribution in [2.45, 2.75) is 39.7 Å². The Balaban J connectivity index is 3.10. The van der Waals surface area contributed by atoms with Gasteiger partial charge in [-0.2, -0.15) is 10.4 Å². The lowest BCUT2D eigenvalue weighted by Crippen LogP contribution is -2.32. The number of hydrogen-bond donors (Lipinski definition) is 1. The Morgan fingerprint density at radius 2 is 2.05 bits per heavy atom. The minimum Gasteiger partial charge on any atom is -0.358 e. The van der Waals surface area contributed by atoms with Crippen molar-refractivity contribution in [1.82, 2.24) is 15.1 Å². The lowest BCUT2D eigenvalue weighted by molar-refractivity contribution is -0.121. The van der Waals surface area contributed by atoms with E-state index in [9.17, 15) is 9.59 Å². The standard InChI is InChI=1S/C14H20N4O2/c1-5-10(6-2)18-9(3)7-12(17-18)13(19)11(8-15)14(20)16-4/h7,10-11H,5-6H2,1-4H3,(H,16,20)/t11-/m1/s1. The second kappa shape index (κ2) is 6.85. The second-order valence-electron chi connectivity index (χ2n) is 4.63. The number of ketones is 1. The number of hydrogen-bond acceptors (Lipinski definition) is 4. The molecule has 108 valence electrons. The van der Waals surface area contributed by atoms with E-state index >= 15 is 0 Å². The van der Waals surface area contributed by atoms with E-state index in [2.05, 4.69) is 24.3 Å². The van der Waals surface area contributed by atoms with E-state index in [1.165, 1.54) is 7.05 Å². The van der Waals surface area contributed by atoms with E-state index in [0.29, 0.717) is 0 Å². The van der Waals surface area contributed by atoms with Gasteiger partial charge in [0.05, 0.1) is 12.1 Å². The van der Waals surface area contributed by atoms with Gasteiger partial charge in [0, 0.05) is 12.7 Å². The molecule has 6 heteroatoms. The molecular weight excluding hydrogens is 256 g/mol. The van der Waals surface area contributed by atoms with Crippen molar-refractivity contribution < 1.29 is 9.59 Å². The normalized spacial score (nSPS) is 12.0. The van der Waals surface area contributed by atoms with Gasteiger partial charge in [0.25, 0.3) is 0 Å². The summed E-state index contributed by atoms with van der Waals surface area (Å²) >= 11 is 0. The van der Waals surface area contributed by atoms with Crippen molar-refractivity contribution in [3.63, 3.8) is 0 Å². The fourth-order valence-corrected chi connectivity index (χ4v) is 2.14. The molecule has 0 saturated carbocycles. The molecule has 0 unspecified atom stereocenters. The van der Waals surface area contributed by atoms with Gasteiger partial charge < -0.3 is 5.32 Å². The Morgan fingerprint density at radius 3 is 2.50 bits per heavy atom. The van der Waals surface area contributed by atoms with Crippen LogP contribution in [0.4, 0.5) is 0 Å². The van der Waals surface area contributed by atoms with Gasteiger partial charge >= 0.3 is 0 Å². The van der Waals surface area contributed by atoms with Crippen LogP contribution < -0.4 is 5.32 Å². The van der Waals surface area contributed by atoms with Crippen LogP contribution in [0.2, 0.25) is 0 Å². The number of nitrogens with zero attached hydrogens (tertiary/aromatic N) is 3. The average molecular weight is 276 g/mol. The Kier molecular flexibility index (Phi) is 5.44. The van der Waals surface area contributed by atoms with Crippen molar-refractivity contribution in [1.29, 1.82) is 5.26 Å². The molecule has 0 aliphatic rings. The van der Waals surface area contributed by atoms with Gasteiger partial charge in [0.1, 0.15) is 5.69 Å². The quantitative estimate of drug-likeness (QED) is 0.631. The first kappa shape index (κ1) is 15.9. The lowest BCUT2D eigenvalue weighted by atomic mass is 10.0. The molecule has 0 aromatic carbocycles. The topological polar surface area (TPSA) is 87.8 Å². The second-order valence-corrected chi connectivity index (χ2v) is 4.63. The van der Waals surface area contributed by atoms with Gasteiger partial charge in [-0.1, -0.05) is 13.8 Å². The number of rotatable bonds is 6. The molecule has 0 bridgehead atoms. The highest BCUT2D eigenvalue weighted by Crippen LogP contribution is 2.19. The molecule has 0 aliphatic carbocycles. The maximum atomic E-state index is 12.2. The molecule has 1 aromatic rings. The number of aryl methyl sites for hydroxylation is 1. The monoisotopic (exact) mass is 276 g/mol. The van der Waals surface area contributed by atoms with Gasteiger partial charge in [-0.05, 0) is 25.8 Å². The number of aromatic nitrogens is 2. The first-order chi connectivity index (χ1) is 9.49. The van der Waals surface area contributed by atoms with Crippen LogP contribution >= 0.6 is 0 Å². The Morgan fingerprint density at radius 1 is 1.45 bits per heavy atom. The first-order valence-corrected chi connectivity index (χ1v) is 6.71. The highest BCUT2D eigenvalue weighted by atomic mass is 16.2. The number of nitriles is 1. The third-order valence-electron chi connectivity index (χ3n) is 3.36. The molecule has 1 N–H and O–H groups in total. The van der Waals surface area contributed by atoms with E-state index in [0.717, 1.165) is 18.5 Å². The number of carbonyl (C=O) groups is 2. The predicted octanol–water partition coefficient (Wildman–Crippen LogP) is 1.62. The highest BCUT2D eigenvalue weighted by molar-refractivity contribution is 6.11. The van der Waals surface area contributed by atoms with Crippen LogP contribution in [0.5, 0.6) is 0 Å². The van der Waals surface area contributed by atoms with Crippen molar-refractivity contribution in [2.75, 3.05) is 7.05 Å². The van der Waals surface area contributed by atoms with Crippen LogP contribution in [0.1, 0.15) is 48.9 Å². The van der Waals surface area contributed by atoms with Crippen LogP contribution in [0.25, 0.3) is 0 Å². The largest absolute Gasteiger partial charge is 0.358 e. The summed E-state index contributed by atoms with van der Waals surface area (Å²) in [6.45, 7) is 5.97. The Hall–Kier alpha value is -2.16. The van der Waals surface area contributed by atoms with Gasteiger partial charge in [0.15, 0.2) is 5.92 Å². The average Bonchev–Trinajstić information content (AvgIpc) is 2.83. The molecule has 0 spiro atoms. The zero-order valence-electron chi connectivity index (χ0n) is 12.3. The summed E-state index contributed by atoms with van der Waals surface area (Å²) in [5, 5.41) is 15.6. The molecule has 0 fully saturated rings. The third kappa shape index (κ3) is 3.05. The third-order valence-corrected chi connectivity index (χ3v) is 3.36. The minimum absolute atomic E-state index is 0.171. The van der Waals surface area contributed by atoms with Gasteiger partial charge in [0.2, 0.25) is 11.7 Å². The van der Waals surface area contributed by atoms with Crippen LogP contribution in [-0.4, -0.2) is 28.5 Å². The molecule has 1 amide bonds. The molecule has 1 heterocycles. The van der Waals surface area contributed by atoms with Gasteiger partial charge in [-0.3, -0.25) is 14.3 Å². The van der Waals surface area contributed by atoms with Crippen LogP contribution in [0.15, 0.2) is 6.07 Å². The fourth-order valence-electron chi connectivity index (χ4n) is 2.14. The highest BCUT2D eigenvalue weighted by Gasteiger charge is 2.29. The van der Waals surface area contributed by atoms with Crippen molar-refractivity contribution in [2.24, 2.45) is 5.92 Å². The molecule has 0 aliphatic heterocycles. The number of carbonyl (C=O) groups excluding carboxylic acids is 2. The van der Waals surface area contributed by atoms with Gasteiger partial charge in [-0.25, -0.2) is 0 Å². The molecule has 0 radical (unpaired) electrons. The molecule has 20 heavy (non-hydrogen) atoms. The van der Waals surface area contributed by atoms with Crippen molar-refractivity contribution in [3.8, 4) is 6.07 Å². The molecule has 1 rings (SSSR count). The maximum absolute atomic E-state index is 12.2. The minimum atomic E-state index is -1.34. The Bertz CT molecular complexity index is 538.